The molecule has 258 valence electrons. The summed E-state index contributed by atoms with van der Waals surface area (Å²) in [6.07, 6.45) is 52.2. The fourth-order valence-corrected chi connectivity index (χ4v) is 6.74. The third-order valence-electron chi connectivity index (χ3n) is 9.52. The number of carbonyl (C=O) groups excluding carboxylic acids is 1. The average molecular weight is 625 g/mol. The van der Waals surface area contributed by atoms with Crippen LogP contribution < -0.4 is 0 Å². The molecule has 1 saturated heterocycles. The number of ether oxygens (including phenoxy) is 2. The van der Waals surface area contributed by atoms with Gasteiger partial charge in [-0.1, -0.05) is 140 Å². The molecule has 45 heavy (non-hydrogen) atoms. The Labute approximate surface area is 279 Å². The number of carbonyl (C=O) groups is 1. The van der Waals surface area contributed by atoms with Crippen molar-refractivity contribution >= 4 is 5.78 Å². The summed E-state index contributed by atoms with van der Waals surface area (Å²) in [7, 11) is 0. The second kappa shape index (κ2) is 27.6. The predicted molar refractivity (Wildman–Crippen MR) is 195 cm³/mol. The lowest BCUT2D eigenvalue weighted by atomic mass is 9.98. The van der Waals surface area contributed by atoms with Gasteiger partial charge >= 0.3 is 0 Å². The van der Waals surface area contributed by atoms with Crippen LogP contribution in [0.5, 0.6) is 0 Å². The van der Waals surface area contributed by atoms with Gasteiger partial charge in [0.05, 0.1) is 12.2 Å². The molecule has 0 amide bonds. The summed E-state index contributed by atoms with van der Waals surface area (Å²) >= 11 is 0. The van der Waals surface area contributed by atoms with Crippen LogP contribution in [0, 0.1) is 0 Å². The quantitative estimate of drug-likeness (QED) is 0.0589. The van der Waals surface area contributed by atoms with Gasteiger partial charge in [-0.15, -0.1) is 0 Å². The van der Waals surface area contributed by atoms with Crippen LogP contribution in [0.4, 0.5) is 0 Å². The van der Waals surface area contributed by atoms with Crippen molar-refractivity contribution in [2.45, 2.75) is 212 Å². The van der Waals surface area contributed by atoms with Crippen LogP contribution in [0.1, 0.15) is 194 Å². The Morgan fingerprint density at radius 2 is 0.822 bits per heavy atom. The van der Waals surface area contributed by atoms with Gasteiger partial charge in [0.1, 0.15) is 5.78 Å². The van der Waals surface area contributed by atoms with Gasteiger partial charge in [0.2, 0.25) is 0 Å². The zero-order chi connectivity index (χ0) is 32.1. The monoisotopic (exact) mass is 625 g/mol. The molecule has 0 aromatic carbocycles. The van der Waals surface area contributed by atoms with Crippen LogP contribution >= 0.6 is 0 Å². The number of allylic oxidation sites excluding steroid dienone is 8. The van der Waals surface area contributed by atoms with E-state index in [9.17, 15) is 4.79 Å². The molecule has 0 N–H and O–H groups in total. The maximum absolute atomic E-state index is 11.9. The first-order valence-electron chi connectivity index (χ1n) is 19.7. The second-order valence-electron chi connectivity index (χ2n) is 13.8. The summed E-state index contributed by atoms with van der Waals surface area (Å²) in [6.45, 7) is 4.52. The Morgan fingerprint density at radius 1 is 0.489 bits per heavy atom. The Hall–Kier alpha value is -1.45. The number of unbranched alkanes of at least 4 members (excludes halogenated alkanes) is 18. The first-order valence-corrected chi connectivity index (χ1v) is 19.7. The molecule has 0 radical (unpaired) electrons. The third kappa shape index (κ3) is 20.4. The lowest BCUT2D eigenvalue weighted by Crippen LogP contribution is -2.32. The highest BCUT2D eigenvalue weighted by Gasteiger charge is 2.50. The van der Waals surface area contributed by atoms with Gasteiger partial charge in [0.15, 0.2) is 5.79 Å². The Morgan fingerprint density at radius 3 is 1.20 bits per heavy atom. The van der Waals surface area contributed by atoms with E-state index < -0.39 is 5.79 Å². The fraction of sp³-hybridized carbons (Fsp3) is 0.786. The summed E-state index contributed by atoms with van der Waals surface area (Å²) in [6, 6.07) is 0. The predicted octanol–water partition coefficient (Wildman–Crippen LogP) is 13.2. The van der Waals surface area contributed by atoms with E-state index in [2.05, 4.69) is 62.5 Å². The summed E-state index contributed by atoms with van der Waals surface area (Å²) < 4.78 is 13.0. The lowest BCUT2D eigenvalue weighted by Gasteiger charge is -2.29. The minimum Gasteiger partial charge on any atom is -0.344 e. The highest BCUT2D eigenvalue weighted by molar-refractivity contribution is 5.82. The molecular formula is C42H72O3. The molecule has 1 heterocycles. The molecule has 2 fully saturated rings. The zero-order valence-corrected chi connectivity index (χ0v) is 29.8. The van der Waals surface area contributed by atoms with Crippen molar-refractivity contribution in [3.8, 4) is 0 Å². The van der Waals surface area contributed by atoms with E-state index in [1.165, 1.54) is 141 Å². The number of ketones is 1. The highest BCUT2D eigenvalue weighted by atomic mass is 16.8. The van der Waals surface area contributed by atoms with Crippen molar-refractivity contribution in [1.82, 2.24) is 0 Å². The number of Topliss-reactive ketones (excluding diaryl/α,β-unsaturated/α-hetero) is 1. The van der Waals surface area contributed by atoms with Crippen molar-refractivity contribution in [2.75, 3.05) is 0 Å². The third-order valence-corrected chi connectivity index (χ3v) is 9.52. The minimum absolute atomic E-state index is 0.00621. The Bertz CT molecular complexity index is 756. The van der Waals surface area contributed by atoms with E-state index in [-0.39, 0.29) is 12.2 Å². The highest BCUT2D eigenvalue weighted by Crippen LogP contribution is 2.42. The fourth-order valence-electron chi connectivity index (χ4n) is 6.74. The zero-order valence-electron chi connectivity index (χ0n) is 29.8. The molecule has 2 rings (SSSR count). The molecule has 0 unspecified atom stereocenters. The molecule has 1 aliphatic heterocycles. The van der Waals surface area contributed by atoms with Crippen LogP contribution in [0.3, 0.4) is 0 Å². The number of fused-ring (bicyclic) bond motifs is 1. The molecule has 0 aromatic rings. The van der Waals surface area contributed by atoms with Gasteiger partial charge in [-0.05, 0) is 77.0 Å². The molecule has 2 atom stereocenters. The van der Waals surface area contributed by atoms with E-state index in [1.54, 1.807) is 0 Å². The normalized spacial score (nSPS) is 22.0. The minimum atomic E-state index is -0.430. The maximum Gasteiger partial charge on any atom is 0.169 e. The smallest absolute Gasteiger partial charge is 0.169 e. The van der Waals surface area contributed by atoms with Crippen molar-refractivity contribution in [3.63, 3.8) is 0 Å². The summed E-state index contributed by atoms with van der Waals surface area (Å²) in [5.41, 5.74) is 0. The van der Waals surface area contributed by atoms with Crippen molar-refractivity contribution in [2.24, 2.45) is 0 Å². The topological polar surface area (TPSA) is 35.5 Å². The van der Waals surface area contributed by atoms with E-state index in [4.69, 9.17) is 9.47 Å². The van der Waals surface area contributed by atoms with Crippen molar-refractivity contribution < 1.29 is 14.3 Å². The lowest BCUT2D eigenvalue weighted by molar-refractivity contribution is -0.190. The standard InChI is InChI=1S/C42H72O3/c1-3-5-7-9-11-13-15-17-19-21-23-25-27-29-31-33-35-42(44-40-37-39(43)38-41(40)45-42)36-34-32-30-28-26-24-22-20-18-16-14-12-10-8-6-4-2/h11-14,17-20,40-41H,3-10,15-16,21-38H2,1-2H3/t40-,41+,42?. The largest absolute Gasteiger partial charge is 0.344 e. The van der Waals surface area contributed by atoms with Gasteiger partial charge < -0.3 is 9.47 Å². The second-order valence-corrected chi connectivity index (χ2v) is 13.8. The number of rotatable bonds is 30. The van der Waals surface area contributed by atoms with Crippen LogP contribution in [-0.4, -0.2) is 23.8 Å². The maximum atomic E-state index is 11.9. The molecule has 1 saturated carbocycles. The van der Waals surface area contributed by atoms with Gasteiger partial charge in [-0.25, -0.2) is 0 Å². The first-order chi connectivity index (χ1) is 22.2. The van der Waals surface area contributed by atoms with E-state index in [0.29, 0.717) is 18.6 Å². The van der Waals surface area contributed by atoms with Gasteiger partial charge in [-0.3, -0.25) is 4.79 Å². The van der Waals surface area contributed by atoms with Crippen LogP contribution in [0.25, 0.3) is 0 Å². The van der Waals surface area contributed by atoms with Gasteiger partial charge in [-0.2, -0.15) is 0 Å². The molecule has 2 aliphatic rings. The van der Waals surface area contributed by atoms with Crippen molar-refractivity contribution in [3.05, 3.63) is 48.6 Å². The van der Waals surface area contributed by atoms with Gasteiger partial charge in [0.25, 0.3) is 0 Å². The van der Waals surface area contributed by atoms with E-state index in [0.717, 1.165) is 25.7 Å². The molecule has 0 bridgehead atoms. The summed E-state index contributed by atoms with van der Waals surface area (Å²) in [5.74, 6) is -0.124. The number of hydrogen-bond acceptors (Lipinski definition) is 3. The molecule has 3 heteroatoms. The van der Waals surface area contributed by atoms with E-state index >= 15 is 0 Å². The Balaban J connectivity index is 1.50. The molecule has 3 nitrogen and oxygen atoms in total. The summed E-state index contributed by atoms with van der Waals surface area (Å²) in [5, 5.41) is 0. The molecular weight excluding hydrogens is 552 g/mol. The average Bonchev–Trinajstić information content (AvgIpc) is 3.54. The van der Waals surface area contributed by atoms with E-state index in [1.807, 2.05) is 0 Å². The summed E-state index contributed by atoms with van der Waals surface area (Å²) in [4.78, 5) is 11.9. The van der Waals surface area contributed by atoms with Crippen LogP contribution in [-0.2, 0) is 14.3 Å². The first kappa shape index (κ1) is 39.7. The Kier molecular flexibility index (Phi) is 24.4. The van der Waals surface area contributed by atoms with Gasteiger partial charge in [0, 0.05) is 25.7 Å². The van der Waals surface area contributed by atoms with Crippen LogP contribution in [0.2, 0.25) is 0 Å². The number of hydrogen-bond donors (Lipinski definition) is 0. The molecule has 1 aliphatic carbocycles. The SMILES string of the molecule is CCCCCC=CCC=CCCCCCCCCC1(CCCCCCCCC=CCC=CCCCCC)O[C@H]2CC(=O)C[C@H]2O1. The molecule has 0 aromatic heterocycles. The van der Waals surface area contributed by atoms with Crippen LogP contribution in [0.15, 0.2) is 48.6 Å². The van der Waals surface area contributed by atoms with Crippen molar-refractivity contribution in [1.29, 1.82) is 0 Å². The molecule has 0 spiro atoms.